The highest BCUT2D eigenvalue weighted by atomic mass is 16.6. The minimum Gasteiger partial charge on any atom is -0.481 e. The van der Waals surface area contributed by atoms with Crippen LogP contribution in [0, 0.1) is 0 Å². The second-order valence-electron chi connectivity index (χ2n) is 9.76. The average molecular weight is 563 g/mol. The monoisotopic (exact) mass is 562 g/mol. The van der Waals surface area contributed by atoms with E-state index in [1.54, 1.807) is 54.6 Å². The zero-order chi connectivity index (χ0) is 30.0. The van der Waals surface area contributed by atoms with Crippen molar-refractivity contribution in [2.75, 3.05) is 6.61 Å². The van der Waals surface area contributed by atoms with E-state index in [9.17, 15) is 29.1 Å². The molecule has 0 saturated carbocycles. The molecule has 0 saturated heterocycles. The summed E-state index contributed by atoms with van der Waals surface area (Å²) < 4.78 is 21.9. The summed E-state index contributed by atoms with van der Waals surface area (Å²) in [5.41, 5.74) is -3.41. The molecule has 3 aromatic carbocycles. The number of ether oxygens (including phenoxy) is 4. The molecule has 0 fully saturated rings. The van der Waals surface area contributed by atoms with Crippen LogP contribution in [0.3, 0.4) is 0 Å². The van der Waals surface area contributed by atoms with Crippen molar-refractivity contribution in [3.63, 3.8) is 0 Å². The quantitative estimate of drug-likeness (QED) is 0.248. The maximum atomic E-state index is 13.3. The van der Waals surface area contributed by atoms with E-state index in [0.717, 1.165) is 0 Å². The molecule has 2 atom stereocenters. The second kappa shape index (κ2) is 13.4. The van der Waals surface area contributed by atoms with E-state index in [2.05, 4.69) is 0 Å². The summed E-state index contributed by atoms with van der Waals surface area (Å²) in [4.78, 5) is 63.4. The summed E-state index contributed by atoms with van der Waals surface area (Å²) in [6.45, 7) is 3.14. The Morgan fingerprint density at radius 2 is 1.10 bits per heavy atom. The molecule has 10 nitrogen and oxygen atoms in total. The third-order valence-corrected chi connectivity index (χ3v) is 5.99. The molecule has 0 bridgehead atoms. The number of hydrogen-bond acceptors (Lipinski definition) is 9. The van der Waals surface area contributed by atoms with Gasteiger partial charge in [0.1, 0.15) is 6.61 Å². The molecule has 0 aliphatic rings. The van der Waals surface area contributed by atoms with Crippen LogP contribution in [0.5, 0.6) is 0 Å². The van der Waals surface area contributed by atoms with Crippen LogP contribution in [-0.2, 0) is 28.5 Å². The fraction of sp³-hybridized carbons (Fsp3) is 0.258. The van der Waals surface area contributed by atoms with Crippen LogP contribution < -0.4 is 0 Å². The van der Waals surface area contributed by atoms with Gasteiger partial charge in [-0.05, 0) is 57.2 Å². The van der Waals surface area contributed by atoms with Crippen LogP contribution in [0.1, 0.15) is 58.3 Å². The highest BCUT2D eigenvalue weighted by Gasteiger charge is 2.47. The Hall–Kier alpha value is -4.99. The lowest BCUT2D eigenvalue weighted by molar-refractivity contribution is -0.194. The molecule has 41 heavy (non-hydrogen) atoms. The van der Waals surface area contributed by atoms with Crippen molar-refractivity contribution in [3.8, 4) is 0 Å². The van der Waals surface area contributed by atoms with Crippen molar-refractivity contribution in [1.82, 2.24) is 0 Å². The molecule has 214 valence electrons. The summed E-state index contributed by atoms with van der Waals surface area (Å²) in [6.07, 6.45) is -2.40. The number of benzene rings is 3. The first-order valence-corrected chi connectivity index (χ1v) is 12.6. The van der Waals surface area contributed by atoms with Crippen LogP contribution in [0.2, 0.25) is 0 Å². The summed E-state index contributed by atoms with van der Waals surface area (Å²) in [7, 11) is 0. The Balaban J connectivity index is 1.88. The van der Waals surface area contributed by atoms with Crippen molar-refractivity contribution in [2.45, 2.75) is 44.5 Å². The van der Waals surface area contributed by atoms with Gasteiger partial charge in [0, 0.05) is 0 Å². The highest BCUT2D eigenvalue weighted by molar-refractivity contribution is 5.93. The topological polar surface area (TPSA) is 143 Å². The number of carbonyl (C=O) groups excluding carboxylic acids is 4. The van der Waals surface area contributed by atoms with E-state index in [-0.39, 0.29) is 16.7 Å². The van der Waals surface area contributed by atoms with E-state index < -0.39 is 60.2 Å². The van der Waals surface area contributed by atoms with Crippen LogP contribution in [0.4, 0.5) is 0 Å². The SMILES string of the molecule is CC(C)(OC(=O)c1ccccc1)C(=O)O[C@](C)(CC(=O)O)[C@@H](COC(=O)c1ccccc1)OC(=O)c1ccccc1. The Morgan fingerprint density at radius 1 is 0.659 bits per heavy atom. The van der Waals surface area contributed by atoms with Gasteiger partial charge in [-0.3, -0.25) is 4.79 Å². The number of aliphatic carboxylic acids is 1. The minimum atomic E-state index is -2.05. The van der Waals surface area contributed by atoms with Gasteiger partial charge in [-0.1, -0.05) is 54.6 Å². The van der Waals surface area contributed by atoms with E-state index in [4.69, 9.17) is 18.9 Å². The smallest absolute Gasteiger partial charge is 0.350 e. The molecule has 0 radical (unpaired) electrons. The van der Waals surface area contributed by atoms with Gasteiger partial charge in [0.05, 0.1) is 23.1 Å². The summed E-state index contributed by atoms with van der Waals surface area (Å²) in [6, 6.07) is 23.7. The normalized spacial score (nSPS) is 13.1. The Kier molecular flexibility index (Phi) is 9.97. The number of carboxylic acids is 1. The van der Waals surface area contributed by atoms with Gasteiger partial charge in [-0.2, -0.15) is 0 Å². The molecule has 3 rings (SSSR count). The van der Waals surface area contributed by atoms with Crippen LogP contribution >= 0.6 is 0 Å². The molecule has 1 N–H and O–H groups in total. The van der Waals surface area contributed by atoms with Crippen molar-refractivity contribution in [2.24, 2.45) is 0 Å². The summed E-state index contributed by atoms with van der Waals surface area (Å²) >= 11 is 0. The highest BCUT2D eigenvalue weighted by Crippen LogP contribution is 2.29. The molecular formula is C31H30O10. The van der Waals surface area contributed by atoms with Gasteiger partial charge in [0.25, 0.3) is 0 Å². The average Bonchev–Trinajstić information content (AvgIpc) is 2.95. The molecule has 3 aromatic rings. The Bertz CT molecular complexity index is 1370. The van der Waals surface area contributed by atoms with Gasteiger partial charge >= 0.3 is 29.8 Å². The maximum Gasteiger partial charge on any atom is 0.350 e. The van der Waals surface area contributed by atoms with E-state index in [1.165, 1.54) is 57.2 Å². The molecule has 0 heterocycles. The number of hydrogen-bond donors (Lipinski definition) is 1. The minimum absolute atomic E-state index is 0.132. The van der Waals surface area contributed by atoms with Crippen molar-refractivity contribution in [3.05, 3.63) is 108 Å². The van der Waals surface area contributed by atoms with Gasteiger partial charge in [-0.25, -0.2) is 19.2 Å². The lowest BCUT2D eigenvalue weighted by Crippen LogP contribution is -2.53. The number of esters is 4. The molecule has 0 aromatic heterocycles. The van der Waals surface area contributed by atoms with Crippen molar-refractivity contribution in [1.29, 1.82) is 0 Å². The first kappa shape index (κ1) is 30.6. The van der Waals surface area contributed by atoms with Crippen molar-refractivity contribution >= 4 is 29.8 Å². The predicted octanol–water partition coefficient (Wildman–Crippen LogP) is 4.48. The van der Waals surface area contributed by atoms with E-state index in [0.29, 0.717) is 0 Å². The Labute approximate surface area is 236 Å². The first-order chi connectivity index (χ1) is 19.4. The molecule has 0 amide bonds. The van der Waals surface area contributed by atoms with Crippen LogP contribution in [-0.4, -0.2) is 58.9 Å². The lowest BCUT2D eigenvalue weighted by Gasteiger charge is -2.37. The third kappa shape index (κ3) is 8.50. The largest absolute Gasteiger partial charge is 0.481 e. The Morgan fingerprint density at radius 3 is 1.56 bits per heavy atom. The van der Waals surface area contributed by atoms with Gasteiger partial charge < -0.3 is 24.1 Å². The molecule has 10 heteroatoms. The second-order valence-corrected chi connectivity index (χ2v) is 9.76. The van der Waals surface area contributed by atoms with Gasteiger partial charge in [-0.15, -0.1) is 0 Å². The van der Waals surface area contributed by atoms with Crippen LogP contribution in [0.15, 0.2) is 91.0 Å². The molecule has 0 unspecified atom stereocenters. The fourth-order valence-corrected chi connectivity index (χ4v) is 3.67. The fourth-order valence-electron chi connectivity index (χ4n) is 3.67. The predicted molar refractivity (Wildman–Crippen MR) is 145 cm³/mol. The van der Waals surface area contributed by atoms with Crippen LogP contribution in [0.25, 0.3) is 0 Å². The molecule has 0 aliphatic heterocycles. The maximum absolute atomic E-state index is 13.3. The van der Waals surface area contributed by atoms with Gasteiger partial charge in [0.2, 0.25) is 5.60 Å². The van der Waals surface area contributed by atoms with Crippen molar-refractivity contribution < 1.29 is 48.0 Å². The summed E-state index contributed by atoms with van der Waals surface area (Å²) in [5.74, 6) is -4.95. The lowest BCUT2D eigenvalue weighted by atomic mass is 9.94. The van der Waals surface area contributed by atoms with E-state index >= 15 is 0 Å². The number of rotatable bonds is 12. The molecular weight excluding hydrogens is 532 g/mol. The standard InChI is InChI=1S/C31H30O10/c1-30(2,40-28(36)23-17-11-6-12-18-23)29(37)41-31(3,19-25(32)33)24(39-27(35)22-15-9-5-10-16-22)20-38-26(34)21-13-7-4-8-14-21/h4-18,24H,19-20H2,1-3H3,(H,32,33)/t24-,31-/m1/s1. The molecule has 0 aliphatic carbocycles. The number of carbonyl (C=O) groups is 5. The molecule has 0 spiro atoms. The van der Waals surface area contributed by atoms with E-state index in [1.807, 2.05) is 0 Å². The third-order valence-electron chi connectivity index (χ3n) is 5.99. The number of carboxylic acid groups (broad SMARTS) is 1. The summed E-state index contributed by atoms with van der Waals surface area (Å²) in [5, 5.41) is 9.69. The zero-order valence-corrected chi connectivity index (χ0v) is 22.8. The van der Waals surface area contributed by atoms with Gasteiger partial charge in [0.15, 0.2) is 11.7 Å². The zero-order valence-electron chi connectivity index (χ0n) is 22.8. The first-order valence-electron chi connectivity index (χ1n) is 12.6.